The van der Waals surface area contributed by atoms with Gasteiger partial charge in [0, 0.05) is 10.2 Å². The van der Waals surface area contributed by atoms with Crippen LogP contribution in [0.5, 0.6) is 0 Å². The van der Waals surface area contributed by atoms with Crippen molar-refractivity contribution in [3.05, 3.63) is 58.3 Å². The zero-order chi connectivity index (χ0) is 14.3. The molecule has 0 saturated carbocycles. The van der Waals surface area contributed by atoms with Crippen LogP contribution in [0, 0.1) is 6.92 Å². The number of fused-ring (bicyclic) bond motifs is 1. The lowest BCUT2D eigenvalue weighted by Gasteiger charge is -2.07. The Morgan fingerprint density at radius 3 is 2.55 bits per heavy atom. The maximum Gasteiger partial charge on any atom is 0.337 e. The Morgan fingerprint density at radius 2 is 1.90 bits per heavy atom. The minimum absolute atomic E-state index is 0.224. The van der Waals surface area contributed by atoms with Gasteiger partial charge in [0.1, 0.15) is 11.3 Å². The van der Waals surface area contributed by atoms with Crippen molar-refractivity contribution in [1.82, 2.24) is 9.55 Å². The van der Waals surface area contributed by atoms with Crippen LogP contribution < -0.4 is 0 Å². The molecule has 1 N–H and O–H groups in total. The van der Waals surface area contributed by atoms with Gasteiger partial charge in [-0.05, 0) is 43.3 Å². The summed E-state index contributed by atoms with van der Waals surface area (Å²) in [6.45, 7) is 1.87. The zero-order valence-corrected chi connectivity index (χ0v) is 12.3. The molecule has 0 fully saturated rings. The van der Waals surface area contributed by atoms with Crippen molar-refractivity contribution in [2.24, 2.45) is 0 Å². The molecule has 0 radical (unpaired) electrons. The summed E-state index contributed by atoms with van der Waals surface area (Å²) >= 11 is 3.41. The summed E-state index contributed by atoms with van der Waals surface area (Å²) in [7, 11) is 0. The Kier molecular flexibility index (Phi) is 3.06. The van der Waals surface area contributed by atoms with Gasteiger partial charge in [-0.2, -0.15) is 0 Å². The van der Waals surface area contributed by atoms with Gasteiger partial charge in [-0.1, -0.05) is 22.0 Å². The Morgan fingerprint density at radius 1 is 1.20 bits per heavy atom. The quantitative estimate of drug-likeness (QED) is 0.777. The lowest BCUT2D eigenvalue weighted by molar-refractivity contribution is 0.0699. The molecule has 5 heteroatoms. The Labute approximate surface area is 123 Å². The molecule has 100 valence electrons. The van der Waals surface area contributed by atoms with E-state index >= 15 is 0 Å². The maximum atomic E-state index is 11.3. The number of hydrogen-bond donors (Lipinski definition) is 1. The smallest absolute Gasteiger partial charge is 0.337 e. The number of aryl methyl sites for hydroxylation is 1. The van der Waals surface area contributed by atoms with Crippen LogP contribution in [0.2, 0.25) is 0 Å². The minimum Gasteiger partial charge on any atom is -0.478 e. The molecule has 0 aliphatic heterocycles. The lowest BCUT2D eigenvalue weighted by atomic mass is 10.2. The lowest BCUT2D eigenvalue weighted by Crippen LogP contribution is -1.98. The van der Waals surface area contributed by atoms with Crippen LogP contribution in [0.3, 0.4) is 0 Å². The standard InChI is InChI=1S/C15H11BrN2O2/c1-9-17-14-12(15(19)20)3-2-4-13(14)18(9)11-7-5-10(16)6-8-11/h2-8H,1H3,(H,19,20). The van der Waals surface area contributed by atoms with Gasteiger partial charge in [0.25, 0.3) is 0 Å². The number of carboxylic acid groups (broad SMARTS) is 1. The first-order valence-electron chi connectivity index (χ1n) is 6.05. The average molecular weight is 331 g/mol. The van der Waals surface area contributed by atoms with E-state index in [4.69, 9.17) is 0 Å². The van der Waals surface area contributed by atoms with Gasteiger partial charge in [-0.25, -0.2) is 9.78 Å². The molecule has 20 heavy (non-hydrogen) atoms. The highest BCUT2D eigenvalue weighted by molar-refractivity contribution is 9.10. The molecule has 3 aromatic rings. The number of carboxylic acids is 1. The molecule has 4 nitrogen and oxygen atoms in total. The SMILES string of the molecule is Cc1nc2c(C(=O)O)cccc2n1-c1ccc(Br)cc1. The minimum atomic E-state index is -0.962. The van der Waals surface area contributed by atoms with Gasteiger partial charge < -0.3 is 5.11 Å². The van der Waals surface area contributed by atoms with E-state index in [0.717, 1.165) is 21.5 Å². The van der Waals surface area contributed by atoms with Crippen molar-refractivity contribution in [3.63, 3.8) is 0 Å². The average Bonchev–Trinajstić information content (AvgIpc) is 2.75. The fraction of sp³-hybridized carbons (Fsp3) is 0.0667. The normalized spacial score (nSPS) is 10.9. The van der Waals surface area contributed by atoms with Gasteiger partial charge >= 0.3 is 5.97 Å². The van der Waals surface area contributed by atoms with Crippen LogP contribution in [0.1, 0.15) is 16.2 Å². The summed E-state index contributed by atoms with van der Waals surface area (Å²) < 4.78 is 2.95. The number of nitrogens with zero attached hydrogens (tertiary/aromatic N) is 2. The highest BCUT2D eigenvalue weighted by atomic mass is 79.9. The fourth-order valence-electron chi connectivity index (χ4n) is 2.30. The number of para-hydroxylation sites is 1. The first kappa shape index (κ1) is 12.9. The molecule has 0 unspecified atom stereocenters. The summed E-state index contributed by atoms with van der Waals surface area (Å²) in [6, 6.07) is 13.0. The predicted octanol–water partition coefficient (Wildman–Crippen LogP) is 3.79. The number of aromatic carboxylic acids is 1. The summed E-state index contributed by atoms with van der Waals surface area (Å²) in [5.74, 6) is -0.202. The second-order valence-electron chi connectivity index (χ2n) is 4.45. The first-order valence-corrected chi connectivity index (χ1v) is 6.84. The topological polar surface area (TPSA) is 55.1 Å². The van der Waals surface area contributed by atoms with Gasteiger partial charge in [-0.3, -0.25) is 4.57 Å². The highest BCUT2D eigenvalue weighted by Gasteiger charge is 2.15. The summed E-state index contributed by atoms with van der Waals surface area (Å²) in [5, 5.41) is 9.23. The molecular weight excluding hydrogens is 320 g/mol. The number of imidazole rings is 1. The van der Waals surface area contributed by atoms with Crippen LogP contribution in [0.15, 0.2) is 46.9 Å². The predicted molar refractivity (Wildman–Crippen MR) is 80.5 cm³/mol. The van der Waals surface area contributed by atoms with Crippen LogP contribution >= 0.6 is 15.9 Å². The van der Waals surface area contributed by atoms with Crippen molar-refractivity contribution in [2.45, 2.75) is 6.92 Å². The van der Waals surface area contributed by atoms with Crippen molar-refractivity contribution in [2.75, 3.05) is 0 Å². The molecular formula is C15H11BrN2O2. The van der Waals surface area contributed by atoms with Gasteiger partial charge in [-0.15, -0.1) is 0 Å². The van der Waals surface area contributed by atoms with Crippen LogP contribution in [0.25, 0.3) is 16.7 Å². The second kappa shape index (κ2) is 4.76. The molecule has 0 spiro atoms. The molecule has 1 aromatic heterocycles. The molecule has 0 atom stereocenters. The Hall–Kier alpha value is -2.14. The van der Waals surface area contributed by atoms with Crippen molar-refractivity contribution < 1.29 is 9.90 Å². The van der Waals surface area contributed by atoms with Gasteiger partial charge in [0.15, 0.2) is 0 Å². The van der Waals surface area contributed by atoms with E-state index in [2.05, 4.69) is 20.9 Å². The van der Waals surface area contributed by atoms with E-state index < -0.39 is 5.97 Å². The third kappa shape index (κ3) is 2.00. The van der Waals surface area contributed by atoms with E-state index in [-0.39, 0.29) is 5.56 Å². The van der Waals surface area contributed by atoms with Gasteiger partial charge in [0.2, 0.25) is 0 Å². The number of halogens is 1. The Balaban J connectivity index is 2.31. The summed E-state index contributed by atoms with van der Waals surface area (Å²) in [4.78, 5) is 15.7. The number of aromatic nitrogens is 2. The van der Waals surface area contributed by atoms with Crippen molar-refractivity contribution >= 4 is 32.9 Å². The molecule has 0 saturated heterocycles. The Bertz CT molecular complexity index is 807. The monoisotopic (exact) mass is 330 g/mol. The van der Waals surface area contributed by atoms with E-state index in [9.17, 15) is 9.90 Å². The highest BCUT2D eigenvalue weighted by Crippen LogP contribution is 2.24. The zero-order valence-electron chi connectivity index (χ0n) is 10.7. The third-order valence-electron chi connectivity index (χ3n) is 3.17. The van der Waals surface area contributed by atoms with E-state index in [1.165, 1.54) is 0 Å². The first-order chi connectivity index (χ1) is 9.58. The second-order valence-corrected chi connectivity index (χ2v) is 5.36. The summed E-state index contributed by atoms with van der Waals surface area (Å²) in [6.07, 6.45) is 0. The number of carbonyl (C=O) groups is 1. The molecule has 1 heterocycles. The largest absolute Gasteiger partial charge is 0.478 e. The van der Waals surface area contributed by atoms with Crippen molar-refractivity contribution in [3.8, 4) is 5.69 Å². The van der Waals surface area contributed by atoms with E-state index in [1.54, 1.807) is 12.1 Å². The van der Waals surface area contributed by atoms with E-state index in [0.29, 0.717) is 5.52 Å². The number of benzene rings is 2. The van der Waals surface area contributed by atoms with E-state index in [1.807, 2.05) is 41.8 Å². The van der Waals surface area contributed by atoms with Crippen LogP contribution in [-0.2, 0) is 0 Å². The molecule has 0 amide bonds. The number of hydrogen-bond acceptors (Lipinski definition) is 2. The molecule has 0 bridgehead atoms. The van der Waals surface area contributed by atoms with Crippen LogP contribution in [-0.4, -0.2) is 20.6 Å². The molecule has 3 rings (SSSR count). The third-order valence-corrected chi connectivity index (χ3v) is 3.70. The van der Waals surface area contributed by atoms with Crippen molar-refractivity contribution in [1.29, 1.82) is 0 Å². The molecule has 0 aliphatic rings. The number of rotatable bonds is 2. The molecule has 0 aliphatic carbocycles. The fourth-order valence-corrected chi connectivity index (χ4v) is 2.57. The van der Waals surface area contributed by atoms with Gasteiger partial charge in [0.05, 0.1) is 11.1 Å². The summed E-state index contributed by atoms with van der Waals surface area (Å²) in [5.41, 5.74) is 2.49. The van der Waals surface area contributed by atoms with Crippen LogP contribution in [0.4, 0.5) is 0 Å². The maximum absolute atomic E-state index is 11.3. The molecule has 2 aromatic carbocycles.